The standard InChI is InChI=1S/C15H11Cl2N5S2/c16-8-4-9-7(5-20-13(9)21-6-8)3-10-12(17)22-15(24-10)11(18)14-19-1-2-23-14/h1-2,4-6,11H,3,18H2,(H,20,21). The third-order valence-corrected chi connectivity index (χ3v) is 6.21. The number of nitrogens with zero attached hydrogens (tertiary/aromatic N) is 3. The second-order valence-corrected chi connectivity index (χ2v) is 7.99. The largest absolute Gasteiger partial charge is 0.346 e. The van der Waals surface area contributed by atoms with Crippen LogP contribution in [0.1, 0.15) is 26.5 Å². The van der Waals surface area contributed by atoms with Gasteiger partial charge in [0.2, 0.25) is 0 Å². The Morgan fingerprint density at radius 1 is 1.25 bits per heavy atom. The molecule has 4 aromatic heterocycles. The van der Waals surface area contributed by atoms with E-state index in [1.807, 2.05) is 17.6 Å². The average molecular weight is 396 g/mol. The number of pyridine rings is 1. The monoisotopic (exact) mass is 395 g/mol. The molecule has 0 saturated carbocycles. The summed E-state index contributed by atoms with van der Waals surface area (Å²) in [5.41, 5.74) is 8.10. The van der Waals surface area contributed by atoms with E-state index in [1.165, 1.54) is 22.7 Å². The van der Waals surface area contributed by atoms with Crippen LogP contribution >= 0.6 is 45.9 Å². The molecule has 0 spiro atoms. The van der Waals surface area contributed by atoms with Crippen molar-refractivity contribution in [1.82, 2.24) is 19.9 Å². The van der Waals surface area contributed by atoms with Crippen LogP contribution in [-0.4, -0.2) is 19.9 Å². The number of hydrogen-bond donors (Lipinski definition) is 2. The summed E-state index contributed by atoms with van der Waals surface area (Å²) < 4.78 is 0. The van der Waals surface area contributed by atoms with E-state index in [1.54, 1.807) is 12.4 Å². The van der Waals surface area contributed by atoms with Crippen LogP contribution in [0.25, 0.3) is 11.0 Å². The zero-order valence-corrected chi connectivity index (χ0v) is 15.3. The summed E-state index contributed by atoms with van der Waals surface area (Å²) in [6.45, 7) is 0. The van der Waals surface area contributed by atoms with Crippen molar-refractivity contribution in [3.63, 3.8) is 0 Å². The first-order valence-electron chi connectivity index (χ1n) is 7.03. The lowest BCUT2D eigenvalue weighted by atomic mass is 10.1. The van der Waals surface area contributed by atoms with Crippen LogP contribution in [0, 0.1) is 0 Å². The summed E-state index contributed by atoms with van der Waals surface area (Å²) in [5, 5.41) is 5.55. The topological polar surface area (TPSA) is 80.5 Å². The number of H-pyrrole nitrogens is 1. The third kappa shape index (κ3) is 2.94. The van der Waals surface area contributed by atoms with Crippen LogP contribution in [-0.2, 0) is 6.42 Å². The Morgan fingerprint density at radius 2 is 2.12 bits per heavy atom. The molecule has 1 unspecified atom stereocenters. The molecular formula is C15H11Cl2N5S2. The number of nitrogens with one attached hydrogen (secondary N) is 1. The van der Waals surface area contributed by atoms with Gasteiger partial charge in [0.25, 0.3) is 0 Å². The van der Waals surface area contributed by atoms with Gasteiger partial charge in [-0.25, -0.2) is 15.0 Å². The van der Waals surface area contributed by atoms with Crippen molar-refractivity contribution >= 4 is 56.9 Å². The number of halogens is 2. The summed E-state index contributed by atoms with van der Waals surface area (Å²) in [5.74, 6) is 0. The molecule has 0 aromatic carbocycles. The minimum atomic E-state index is -0.347. The second kappa shape index (κ2) is 6.42. The Bertz CT molecular complexity index is 993. The maximum absolute atomic E-state index is 6.32. The summed E-state index contributed by atoms with van der Waals surface area (Å²) in [7, 11) is 0. The smallest absolute Gasteiger partial charge is 0.143 e. The Hall–Kier alpha value is -1.51. The van der Waals surface area contributed by atoms with Crippen LogP contribution in [0.15, 0.2) is 30.0 Å². The van der Waals surface area contributed by atoms with Crippen molar-refractivity contribution in [2.45, 2.75) is 12.5 Å². The Morgan fingerprint density at radius 3 is 2.92 bits per heavy atom. The fourth-order valence-corrected chi connectivity index (χ4v) is 4.62. The maximum Gasteiger partial charge on any atom is 0.143 e. The average Bonchev–Trinajstić information content (AvgIpc) is 3.29. The number of aromatic nitrogens is 4. The lowest BCUT2D eigenvalue weighted by molar-refractivity contribution is 0.845. The van der Waals surface area contributed by atoms with Crippen molar-refractivity contribution in [3.8, 4) is 0 Å². The van der Waals surface area contributed by atoms with Gasteiger partial charge in [-0.1, -0.05) is 23.2 Å². The number of aromatic amines is 1. The van der Waals surface area contributed by atoms with E-state index in [4.69, 9.17) is 28.9 Å². The zero-order valence-electron chi connectivity index (χ0n) is 12.2. The lowest BCUT2D eigenvalue weighted by Gasteiger charge is -2.02. The SMILES string of the molecule is NC(c1nccs1)c1nc(Cl)c(Cc2c[nH]c3ncc(Cl)cc23)s1. The maximum atomic E-state index is 6.32. The van der Waals surface area contributed by atoms with Gasteiger partial charge >= 0.3 is 0 Å². The van der Waals surface area contributed by atoms with Crippen molar-refractivity contribution < 1.29 is 0 Å². The van der Waals surface area contributed by atoms with Gasteiger partial charge in [-0.15, -0.1) is 22.7 Å². The van der Waals surface area contributed by atoms with Crippen LogP contribution in [0.2, 0.25) is 10.2 Å². The molecule has 4 rings (SSSR count). The van der Waals surface area contributed by atoms with Crippen molar-refractivity contribution in [3.05, 3.63) is 60.7 Å². The Labute approximate surface area is 155 Å². The van der Waals surface area contributed by atoms with Gasteiger partial charge in [-0.2, -0.15) is 0 Å². The first kappa shape index (κ1) is 16.0. The molecular weight excluding hydrogens is 385 g/mol. The molecule has 4 aromatic rings. The summed E-state index contributed by atoms with van der Waals surface area (Å²) in [6, 6.07) is 1.55. The molecule has 5 nitrogen and oxygen atoms in total. The van der Waals surface area contributed by atoms with E-state index in [0.717, 1.165) is 31.5 Å². The highest BCUT2D eigenvalue weighted by molar-refractivity contribution is 7.13. The minimum absolute atomic E-state index is 0.347. The highest BCUT2D eigenvalue weighted by atomic mass is 35.5. The molecule has 0 aliphatic heterocycles. The Kier molecular flexibility index (Phi) is 4.28. The summed E-state index contributed by atoms with van der Waals surface area (Å²) in [4.78, 5) is 17.0. The molecule has 0 aliphatic rings. The van der Waals surface area contributed by atoms with Gasteiger partial charge in [0, 0.05) is 40.7 Å². The molecule has 3 N–H and O–H groups in total. The van der Waals surface area contributed by atoms with E-state index in [9.17, 15) is 0 Å². The van der Waals surface area contributed by atoms with Crippen LogP contribution in [0.5, 0.6) is 0 Å². The normalized spacial score (nSPS) is 12.8. The molecule has 0 fully saturated rings. The first-order chi connectivity index (χ1) is 11.6. The molecule has 9 heteroatoms. The van der Waals surface area contributed by atoms with E-state index < -0.39 is 0 Å². The molecule has 24 heavy (non-hydrogen) atoms. The Balaban J connectivity index is 1.66. The molecule has 4 heterocycles. The van der Waals surface area contributed by atoms with Gasteiger partial charge < -0.3 is 10.7 Å². The number of rotatable bonds is 4. The molecule has 0 bridgehead atoms. The van der Waals surface area contributed by atoms with E-state index in [2.05, 4.69) is 19.9 Å². The van der Waals surface area contributed by atoms with Crippen molar-refractivity contribution in [2.24, 2.45) is 5.73 Å². The highest BCUT2D eigenvalue weighted by Gasteiger charge is 2.19. The van der Waals surface area contributed by atoms with E-state index in [-0.39, 0.29) is 6.04 Å². The lowest BCUT2D eigenvalue weighted by Crippen LogP contribution is -2.10. The van der Waals surface area contributed by atoms with Crippen LogP contribution in [0.4, 0.5) is 0 Å². The zero-order chi connectivity index (χ0) is 16.7. The quantitative estimate of drug-likeness (QED) is 0.535. The summed E-state index contributed by atoms with van der Waals surface area (Å²) >= 11 is 15.4. The third-order valence-electron chi connectivity index (χ3n) is 3.58. The minimum Gasteiger partial charge on any atom is -0.346 e. The molecule has 122 valence electrons. The van der Waals surface area contributed by atoms with Gasteiger partial charge in [-0.3, -0.25) is 0 Å². The van der Waals surface area contributed by atoms with Crippen molar-refractivity contribution in [2.75, 3.05) is 0 Å². The summed E-state index contributed by atoms with van der Waals surface area (Å²) in [6.07, 6.45) is 5.92. The first-order valence-corrected chi connectivity index (χ1v) is 9.48. The number of thiazole rings is 2. The second-order valence-electron chi connectivity index (χ2n) is 5.15. The predicted molar refractivity (Wildman–Crippen MR) is 99.2 cm³/mol. The van der Waals surface area contributed by atoms with E-state index >= 15 is 0 Å². The van der Waals surface area contributed by atoms with Gasteiger partial charge in [0.15, 0.2) is 0 Å². The fourth-order valence-electron chi connectivity index (χ4n) is 2.44. The molecule has 1 atom stereocenters. The highest BCUT2D eigenvalue weighted by Crippen LogP contribution is 2.33. The van der Waals surface area contributed by atoms with Crippen molar-refractivity contribution in [1.29, 1.82) is 0 Å². The molecule has 0 aliphatic carbocycles. The van der Waals surface area contributed by atoms with Crippen LogP contribution in [0.3, 0.4) is 0 Å². The van der Waals surface area contributed by atoms with Gasteiger partial charge in [-0.05, 0) is 11.6 Å². The fraction of sp³-hybridized carbons (Fsp3) is 0.133. The predicted octanol–water partition coefficient (Wildman–Crippen LogP) is 4.42. The molecule has 0 saturated heterocycles. The number of nitrogens with two attached hydrogens (primary N) is 1. The van der Waals surface area contributed by atoms with E-state index in [0.29, 0.717) is 16.6 Å². The van der Waals surface area contributed by atoms with Crippen LogP contribution < -0.4 is 5.73 Å². The van der Waals surface area contributed by atoms with Gasteiger partial charge in [0.05, 0.1) is 5.02 Å². The molecule has 0 amide bonds. The number of fused-ring (bicyclic) bond motifs is 1. The molecule has 0 radical (unpaired) electrons. The van der Waals surface area contributed by atoms with Gasteiger partial charge in [0.1, 0.15) is 26.9 Å². The number of hydrogen-bond acceptors (Lipinski definition) is 6.